The van der Waals surface area contributed by atoms with Gasteiger partial charge in [0.1, 0.15) is 6.23 Å². The van der Waals surface area contributed by atoms with E-state index in [4.69, 9.17) is 4.74 Å². The van der Waals surface area contributed by atoms with E-state index in [9.17, 15) is 0 Å². The van der Waals surface area contributed by atoms with Gasteiger partial charge in [-0.3, -0.25) is 4.90 Å². The Hall–Kier alpha value is -0.600. The number of hydrogen-bond donors (Lipinski definition) is 0. The molecule has 0 aliphatic heterocycles. The van der Waals surface area contributed by atoms with Crippen LogP contribution in [-0.4, -0.2) is 31.3 Å². The summed E-state index contributed by atoms with van der Waals surface area (Å²) in [5, 5.41) is 0. The van der Waals surface area contributed by atoms with Gasteiger partial charge < -0.3 is 4.74 Å². The summed E-state index contributed by atoms with van der Waals surface area (Å²) in [4.78, 5) is 2.12. The van der Waals surface area contributed by atoms with Gasteiger partial charge in [-0.05, 0) is 6.92 Å². The fourth-order valence-electron chi connectivity index (χ4n) is 0.852. The van der Waals surface area contributed by atoms with Crippen molar-refractivity contribution in [2.24, 2.45) is 0 Å². The van der Waals surface area contributed by atoms with Crippen LogP contribution >= 0.6 is 0 Å². The lowest BCUT2D eigenvalue weighted by atomic mass is 10.4. The van der Waals surface area contributed by atoms with E-state index in [1.807, 2.05) is 19.1 Å². The zero-order valence-electron chi connectivity index (χ0n) is 7.42. The third-order valence-electron chi connectivity index (χ3n) is 1.58. The molecule has 2 heteroatoms. The Balaban J connectivity index is 3.84. The summed E-state index contributed by atoms with van der Waals surface area (Å²) in [5.74, 6) is 0. The summed E-state index contributed by atoms with van der Waals surface area (Å²) < 4.78 is 5.15. The lowest BCUT2D eigenvalue weighted by Gasteiger charge is -2.24. The van der Waals surface area contributed by atoms with Gasteiger partial charge in [0.2, 0.25) is 0 Å². The van der Waals surface area contributed by atoms with E-state index in [2.05, 4.69) is 18.1 Å². The molecule has 0 aromatic heterocycles. The summed E-state index contributed by atoms with van der Waals surface area (Å²) in [5.41, 5.74) is 0. The molecule has 0 aromatic rings. The molecular formula is C9H17NO. The summed E-state index contributed by atoms with van der Waals surface area (Å²) in [6.45, 7) is 11.0. The minimum absolute atomic E-state index is 0.131. The summed E-state index contributed by atoms with van der Waals surface area (Å²) >= 11 is 0. The molecule has 1 unspecified atom stereocenters. The maximum Gasteiger partial charge on any atom is 0.107 e. The van der Waals surface area contributed by atoms with Crippen molar-refractivity contribution in [2.75, 3.05) is 20.2 Å². The van der Waals surface area contributed by atoms with Gasteiger partial charge in [0.15, 0.2) is 0 Å². The average Bonchev–Trinajstić information content (AvgIpc) is 2.03. The molecule has 0 aromatic carbocycles. The van der Waals surface area contributed by atoms with Crippen LogP contribution in [0.4, 0.5) is 0 Å². The van der Waals surface area contributed by atoms with Gasteiger partial charge >= 0.3 is 0 Å². The van der Waals surface area contributed by atoms with Crippen LogP contribution in [0.3, 0.4) is 0 Å². The summed E-state index contributed by atoms with van der Waals surface area (Å²) in [7, 11) is 1.70. The molecule has 2 nitrogen and oxygen atoms in total. The van der Waals surface area contributed by atoms with E-state index in [1.165, 1.54) is 0 Å². The first-order chi connectivity index (χ1) is 5.26. The molecule has 0 bridgehead atoms. The first kappa shape index (κ1) is 10.4. The second-order valence-electron chi connectivity index (χ2n) is 2.37. The molecular weight excluding hydrogens is 138 g/mol. The average molecular weight is 155 g/mol. The molecule has 0 fully saturated rings. The molecule has 0 saturated heterocycles. The van der Waals surface area contributed by atoms with Gasteiger partial charge in [-0.15, -0.1) is 13.2 Å². The number of rotatable bonds is 6. The van der Waals surface area contributed by atoms with Crippen molar-refractivity contribution < 1.29 is 4.74 Å². The van der Waals surface area contributed by atoms with Gasteiger partial charge in [-0.1, -0.05) is 12.2 Å². The van der Waals surface area contributed by atoms with Gasteiger partial charge in [0.25, 0.3) is 0 Å². The molecule has 0 rings (SSSR count). The Morgan fingerprint density at radius 3 is 2.09 bits per heavy atom. The number of methoxy groups -OCH3 is 1. The fourth-order valence-corrected chi connectivity index (χ4v) is 0.852. The van der Waals surface area contributed by atoms with Gasteiger partial charge in [0.05, 0.1) is 0 Å². The van der Waals surface area contributed by atoms with Crippen LogP contribution in [0.2, 0.25) is 0 Å². The van der Waals surface area contributed by atoms with Gasteiger partial charge in [0, 0.05) is 20.2 Å². The SMILES string of the molecule is C=CCN(CC=C)C(C)OC. The van der Waals surface area contributed by atoms with Crippen molar-refractivity contribution in [3.8, 4) is 0 Å². The lowest BCUT2D eigenvalue weighted by Crippen LogP contribution is -2.34. The summed E-state index contributed by atoms with van der Waals surface area (Å²) in [6, 6.07) is 0. The van der Waals surface area contributed by atoms with Crippen LogP contribution in [0.15, 0.2) is 25.3 Å². The highest BCUT2D eigenvalue weighted by Crippen LogP contribution is 1.98. The first-order valence-corrected chi connectivity index (χ1v) is 3.74. The smallest absolute Gasteiger partial charge is 0.107 e. The minimum Gasteiger partial charge on any atom is -0.367 e. The zero-order valence-corrected chi connectivity index (χ0v) is 7.42. The van der Waals surface area contributed by atoms with Gasteiger partial charge in [-0.2, -0.15) is 0 Å². The first-order valence-electron chi connectivity index (χ1n) is 3.74. The maximum atomic E-state index is 5.15. The molecule has 1 atom stereocenters. The third kappa shape index (κ3) is 3.96. The lowest BCUT2D eigenvalue weighted by molar-refractivity contribution is -0.00553. The molecule has 0 heterocycles. The van der Waals surface area contributed by atoms with Gasteiger partial charge in [-0.25, -0.2) is 0 Å². The molecule has 0 N–H and O–H groups in total. The Labute approximate surface area is 69.2 Å². The molecule has 0 spiro atoms. The normalized spacial score (nSPS) is 13.0. The van der Waals surface area contributed by atoms with Crippen LogP contribution in [0.25, 0.3) is 0 Å². The highest BCUT2D eigenvalue weighted by molar-refractivity contribution is 4.80. The van der Waals surface area contributed by atoms with Crippen molar-refractivity contribution in [1.29, 1.82) is 0 Å². The summed E-state index contributed by atoms with van der Waals surface area (Å²) in [6.07, 6.45) is 3.85. The third-order valence-corrected chi connectivity index (χ3v) is 1.58. The van der Waals surface area contributed by atoms with Crippen LogP contribution in [0.5, 0.6) is 0 Å². The maximum absolute atomic E-state index is 5.15. The molecule has 0 saturated carbocycles. The van der Waals surface area contributed by atoms with E-state index in [0.29, 0.717) is 0 Å². The molecule has 64 valence electrons. The van der Waals surface area contributed by atoms with E-state index in [-0.39, 0.29) is 6.23 Å². The second-order valence-corrected chi connectivity index (χ2v) is 2.37. The number of ether oxygens (including phenoxy) is 1. The van der Waals surface area contributed by atoms with E-state index >= 15 is 0 Å². The minimum atomic E-state index is 0.131. The monoisotopic (exact) mass is 155 g/mol. The Kier molecular flexibility index (Phi) is 5.80. The van der Waals surface area contributed by atoms with Crippen molar-refractivity contribution in [2.45, 2.75) is 13.2 Å². The van der Waals surface area contributed by atoms with E-state index in [0.717, 1.165) is 13.1 Å². The Morgan fingerprint density at radius 2 is 1.82 bits per heavy atom. The Morgan fingerprint density at radius 1 is 1.36 bits per heavy atom. The fraction of sp³-hybridized carbons (Fsp3) is 0.556. The van der Waals surface area contributed by atoms with Crippen LogP contribution < -0.4 is 0 Å². The largest absolute Gasteiger partial charge is 0.367 e. The topological polar surface area (TPSA) is 12.5 Å². The second kappa shape index (κ2) is 6.13. The highest BCUT2D eigenvalue weighted by Gasteiger charge is 2.07. The van der Waals surface area contributed by atoms with Crippen LogP contribution in [0.1, 0.15) is 6.92 Å². The predicted octanol–water partition coefficient (Wildman–Crippen LogP) is 1.65. The quantitative estimate of drug-likeness (QED) is 0.427. The van der Waals surface area contributed by atoms with Crippen molar-refractivity contribution in [1.82, 2.24) is 4.90 Å². The molecule has 0 aliphatic carbocycles. The molecule has 0 aliphatic rings. The number of hydrogen-bond acceptors (Lipinski definition) is 2. The number of nitrogens with zero attached hydrogens (tertiary/aromatic N) is 1. The standard InChI is InChI=1S/C9H17NO/c1-5-7-10(8-6-2)9(3)11-4/h5-6,9H,1-2,7-8H2,3-4H3. The zero-order chi connectivity index (χ0) is 8.69. The highest BCUT2D eigenvalue weighted by atomic mass is 16.5. The van der Waals surface area contributed by atoms with Crippen molar-refractivity contribution in [3.63, 3.8) is 0 Å². The molecule has 11 heavy (non-hydrogen) atoms. The predicted molar refractivity (Wildman–Crippen MR) is 48.4 cm³/mol. The van der Waals surface area contributed by atoms with Crippen molar-refractivity contribution >= 4 is 0 Å². The Bertz CT molecular complexity index is 113. The van der Waals surface area contributed by atoms with Crippen LogP contribution in [-0.2, 0) is 4.74 Å². The van der Waals surface area contributed by atoms with Crippen molar-refractivity contribution in [3.05, 3.63) is 25.3 Å². The molecule has 0 radical (unpaired) electrons. The van der Waals surface area contributed by atoms with Crippen LogP contribution in [0, 0.1) is 0 Å². The molecule has 0 amide bonds. The van der Waals surface area contributed by atoms with E-state index in [1.54, 1.807) is 7.11 Å². The van der Waals surface area contributed by atoms with E-state index < -0.39 is 0 Å².